The largest absolute Gasteiger partial charge is 0.478 e. The van der Waals surface area contributed by atoms with Gasteiger partial charge in [0, 0.05) is 6.54 Å². The van der Waals surface area contributed by atoms with Gasteiger partial charge in [-0.2, -0.15) is 0 Å². The van der Waals surface area contributed by atoms with Crippen LogP contribution in [0.5, 0.6) is 0 Å². The zero-order valence-corrected chi connectivity index (χ0v) is 12.7. The minimum atomic E-state index is -3.72. The summed E-state index contributed by atoms with van der Waals surface area (Å²) in [6.45, 7) is 2.45. The summed E-state index contributed by atoms with van der Waals surface area (Å²) in [6, 6.07) is 3.64. The van der Waals surface area contributed by atoms with E-state index >= 15 is 0 Å². The first-order chi connectivity index (χ1) is 9.80. The molecular weight excluding hydrogens is 292 g/mol. The lowest BCUT2D eigenvalue weighted by Crippen LogP contribution is -2.41. The Morgan fingerprint density at radius 2 is 2.10 bits per heavy atom. The predicted molar refractivity (Wildman–Crippen MR) is 79.6 cm³/mol. The fourth-order valence-electron chi connectivity index (χ4n) is 2.58. The second-order valence-corrected chi connectivity index (χ2v) is 7.32. The summed E-state index contributed by atoms with van der Waals surface area (Å²) in [5.74, 6) is -1.14. The monoisotopic (exact) mass is 312 g/mol. The highest BCUT2D eigenvalue weighted by Crippen LogP contribution is 2.43. The number of nitrogens with two attached hydrogens (primary N) is 1. The second kappa shape index (κ2) is 5.65. The van der Waals surface area contributed by atoms with Gasteiger partial charge in [0.1, 0.15) is 4.90 Å². The number of hydrogen-bond acceptors (Lipinski definition) is 4. The number of hydrogen-bond donors (Lipinski definition) is 3. The SMILES string of the molecule is CCC1(CNS(=O)(=O)c2ccc(C(=O)O)cc2N)CCC1. The van der Waals surface area contributed by atoms with Crippen LogP contribution >= 0.6 is 0 Å². The van der Waals surface area contributed by atoms with Crippen LogP contribution in [0.2, 0.25) is 0 Å². The predicted octanol–water partition coefficient (Wildman–Crippen LogP) is 1.83. The number of carboxylic acid groups (broad SMARTS) is 1. The topological polar surface area (TPSA) is 109 Å². The molecule has 7 heteroatoms. The Morgan fingerprint density at radius 1 is 1.43 bits per heavy atom. The van der Waals surface area contributed by atoms with Gasteiger partial charge in [-0.3, -0.25) is 0 Å². The van der Waals surface area contributed by atoms with Gasteiger partial charge in [0.2, 0.25) is 10.0 Å². The molecule has 1 aromatic rings. The smallest absolute Gasteiger partial charge is 0.335 e. The van der Waals surface area contributed by atoms with Gasteiger partial charge in [0.05, 0.1) is 11.3 Å². The van der Waals surface area contributed by atoms with Gasteiger partial charge >= 0.3 is 5.97 Å². The van der Waals surface area contributed by atoms with Crippen LogP contribution in [-0.2, 0) is 10.0 Å². The molecule has 0 bridgehead atoms. The number of benzene rings is 1. The third-order valence-corrected chi connectivity index (χ3v) is 5.82. The fraction of sp³-hybridized carbons (Fsp3) is 0.500. The molecule has 0 amide bonds. The molecule has 0 unspecified atom stereocenters. The summed E-state index contributed by atoms with van der Waals surface area (Å²) >= 11 is 0. The van der Waals surface area contributed by atoms with E-state index in [1.165, 1.54) is 12.1 Å². The van der Waals surface area contributed by atoms with E-state index in [0.717, 1.165) is 31.7 Å². The molecule has 4 N–H and O–H groups in total. The van der Waals surface area contributed by atoms with Crippen LogP contribution in [0.25, 0.3) is 0 Å². The maximum absolute atomic E-state index is 12.3. The lowest BCUT2D eigenvalue weighted by molar-refractivity contribution is 0.0697. The third kappa shape index (κ3) is 3.19. The van der Waals surface area contributed by atoms with Crippen LogP contribution in [0, 0.1) is 5.41 Å². The number of nitrogens with one attached hydrogen (secondary N) is 1. The molecule has 21 heavy (non-hydrogen) atoms. The first kappa shape index (κ1) is 15.8. The summed E-state index contributed by atoms with van der Waals surface area (Å²) in [5, 5.41) is 8.86. The Kier molecular flexibility index (Phi) is 4.25. The Balaban J connectivity index is 2.18. The number of anilines is 1. The van der Waals surface area contributed by atoms with Gasteiger partial charge in [-0.1, -0.05) is 13.3 Å². The Labute approximate surface area is 124 Å². The van der Waals surface area contributed by atoms with Gasteiger partial charge in [0.25, 0.3) is 0 Å². The van der Waals surface area contributed by atoms with Crippen molar-refractivity contribution in [1.82, 2.24) is 4.72 Å². The average molecular weight is 312 g/mol. The number of carboxylic acids is 1. The van der Waals surface area contributed by atoms with Crippen molar-refractivity contribution in [3.05, 3.63) is 23.8 Å². The van der Waals surface area contributed by atoms with E-state index in [9.17, 15) is 13.2 Å². The van der Waals surface area contributed by atoms with E-state index in [4.69, 9.17) is 10.8 Å². The summed E-state index contributed by atoms with van der Waals surface area (Å²) in [6.07, 6.45) is 4.12. The highest BCUT2D eigenvalue weighted by molar-refractivity contribution is 7.89. The van der Waals surface area contributed by atoms with Crippen molar-refractivity contribution in [2.75, 3.05) is 12.3 Å². The molecule has 0 heterocycles. The Morgan fingerprint density at radius 3 is 2.52 bits per heavy atom. The maximum atomic E-state index is 12.3. The molecule has 1 saturated carbocycles. The zero-order chi connectivity index (χ0) is 15.7. The highest BCUT2D eigenvalue weighted by Gasteiger charge is 2.36. The van der Waals surface area contributed by atoms with Crippen LogP contribution in [0.4, 0.5) is 5.69 Å². The van der Waals surface area contributed by atoms with Gasteiger partial charge in [-0.25, -0.2) is 17.9 Å². The van der Waals surface area contributed by atoms with Gasteiger partial charge in [0.15, 0.2) is 0 Å². The average Bonchev–Trinajstić information content (AvgIpc) is 2.37. The van der Waals surface area contributed by atoms with Crippen molar-refractivity contribution >= 4 is 21.7 Å². The second-order valence-electron chi connectivity index (χ2n) is 5.59. The molecule has 0 saturated heterocycles. The molecule has 0 spiro atoms. The number of nitrogen functional groups attached to an aromatic ring is 1. The molecular formula is C14H20N2O4S. The molecule has 116 valence electrons. The summed E-state index contributed by atoms with van der Waals surface area (Å²) in [4.78, 5) is 10.8. The first-order valence-corrected chi connectivity index (χ1v) is 8.40. The minimum Gasteiger partial charge on any atom is -0.478 e. The van der Waals surface area contributed by atoms with Crippen molar-refractivity contribution in [2.45, 2.75) is 37.5 Å². The van der Waals surface area contributed by atoms with Gasteiger partial charge in [-0.15, -0.1) is 0 Å². The van der Waals surface area contributed by atoms with E-state index in [0.29, 0.717) is 6.54 Å². The lowest BCUT2D eigenvalue weighted by atomic mass is 9.67. The standard InChI is InChI=1S/C14H20N2O4S/c1-2-14(6-3-7-14)9-16-21(19,20)12-5-4-10(13(17)18)8-11(12)15/h4-5,8,16H,2-3,6-7,9,15H2,1H3,(H,17,18). The van der Waals surface area contributed by atoms with E-state index in [2.05, 4.69) is 11.6 Å². The number of rotatable bonds is 6. The van der Waals surface area contributed by atoms with Crippen LogP contribution in [0.1, 0.15) is 43.0 Å². The van der Waals surface area contributed by atoms with Crippen molar-refractivity contribution in [3.8, 4) is 0 Å². The maximum Gasteiger partial charge on any atom is 0.335 e. The van der Waals surface area contributed by atoms with E-state index < -0.39 is 16.0 Å². The molecule has 1 aromatic carbocycles. The number of aromatic carboxylic acids is 1. The molecule has 1 aliphatic rings. The molecule has 0 aromatic heterocycles. The lowest BCUT2D eigenvalue weighted by Gasteiger charge is -2.41. The summed E-state index contributed by atoms with van der Waals surface area (Å²) < 4.78 is 27.2. The van der Waals surface area contributed by atoms with Gasteiger partial charge in [-0.05, 0) is 42.9 Å². The van der Waals surface area contributed by atoms with Crippen LogP contribution in [0.3, 0.4) is 0 Å². The minimum absolute atomic E-state index is 0.0320. The van der Waals surface area contributed by atoms with Crippen LogP contribution < -0.4 is 10.5 Å². The number of sulfonamides is 1. The van der Waals surface area contributed by atoms with Crippen molar-refractivity contribution in [1.29, 1.82) is 0 Å². The van der Waals surface area contributed by atoms with E-state index in [1.54, 1.807) is 0 Å². The Bertz CT molecular complexity index is 645. The van der Waals surface area contributed by atoms with Crippen molar-refractivity contribution in [2.24, 2.45) is 5.41 Å². The molecule has 0 radical (unpaired) electrons. The quantitative estimate of drug-likeness (QED) is 0.694. The summed E-state index contributed by atoms with van der Waals surface area (Å²) in [5.41, 5.74) is 5.65. The number of carbonyl (C=O) groups is 1. The molecule has 1 fully saturated rings. The van der Waals surface area contributed by atoms with Crippen molar-refractivity contribution in [3.63, 3.8) is 0 Å². The van der Waals surface area contributed by atoms with Crippen LogP contribution in [0.15, 0.2) is 23.1 Å². The van der Waals surface area contributed by atoms with Gasteiger partial charge < -0.3 is 10.8 Å². The van der Waals surface area contributed by atoms with Crippen molar-refractivity contribution < 1.29 is 18.3 Å². The van der Waals surface area contributed by atoms with Crippen LogP contribution in [-0.4, -0.2) is 26.0 Å². The third-order valence-electron chi connectivity index (χ3n) is 4.35. The normalized spacial score (nSPS) is 17.2. The molecule has 0 aliphatic heterocycles. The van der Waals surface area contributed by atoms with E-state index in [1.807, 2.05) is 0 Å². The fourth-order valence-corrected chi connectivity index (χ4v) is 3.85. The van der Waals surface area contributed by atoms with E-state index in [-0.39, 0.29) is 21.6 Å². The molecule has 0 atom stereocenters. The molecule has 1 aliphatic carbocycles. The first-order valence-electron chi connectivity index (χ1n) is 6.92. The molecule has 6 nitrogen and oxygen atoms in total. The summed E-state index contributed by atoms with van der Waals surface area (Å²) in [7, 11) is -3.72. The Hall–Kier alpha value is -1.60. The highest BCUT2D eigenvalue weighted by atomic mass is 32.2. The zero-order valence-electron chi connectivity index (χ0n) is 11.9. The molecule has 2 rings (SSSR count).